The van der Waals surface area contributed by atoms with Crippen molar-refractivity contribution in [3.05, 3.63) is 58.3 Å². The minimum absolute atomic E-state index is 0.179. The van der Waals surface area contributed by atoms with Crippen LogP contribution >= 0.6 is 15.9 Å². The molecule has 0 fully saturated rings. The first kappa shape index (κ1) is 13.5. The third-order valence-corrected chi connectivity index (χ3v) is 3.04. The molecule has 0 unspecified atom stereocenters. The number of nitrogens with zero attached hydrogens (tertiary/aromatic N) is 1. The molecule has 5 heteroatoms. The molecular formula is C14H13BrN2O2. The number of methoxy groups -OCH3 is 1. The summed E-state index contributed by atoms with van der Waals surface area (Å²) in [6.45, 7) is 0.379. The Kier molecular flexibility index (Phi) is 4.52. The van der Waals surface area contributed by atoms with Crippen molar-refractivity contribution in [2.45, 2.75) is 6.54 Å². The third-order valence-electron chi connectivity index (χ3n) is 2.57. The van der Waals surface area contributed by atoms with Gasteiger partial charge in [-0.15, -0.1) is 0 Å². The number of carbonyl (C=O) groups excluding carboxylic acids is 1. The van der Waals surface area contributed by atoms with Crippen LogP contribution in [0, 0.1) is 0 Å². The van der Waals surface area contributed by atoms with E-state index in [1.54, 1.807) is 31.5 Å². The molecule has 1 amide bonds. The van der Waals surface area contributed by atoms with Crippen LogP contribution in [0.4, 0.5) is 0 Å². The molecule has 1 N–H and O–H groups in total. The summed E-state index contributed by atoms with van der Waals surface area (Å²) in [4.78, 5) is 16.2. The molecule has 0 aliphatic carbocycles. The van der Waals surface area contributed by atoms with Crippen LogP contribution in [-0.2, 0) is 6.54 Å². The molecule has 19 heavy (non-hydrogen) atoms. The number of hydrogen-bond acceptors (Lipinski definition) is 3. The number of amides is 1. The van der Waals surface area contributed by atoms with Gasteiger partial charge in [-0.05, 0) is 40.2 Å². The number of rotatable bonds is 4. The van der Waals surface area contributed by atoms with Gasteiger partial charge in [0, 0.05) is 10.7 Å². The van der Waals surface area contributed by atoms with Crippen LogP contribution in [0.15, 0.2) is 47.1 Å². The highest BCUT2D eigenvalue weighted by Crippen LogP contribution is 2.17. The van der Waals surface area contributed by atoms with Crippen molar-refractivity contribution in [3.8, 4) is 5.75 Å². The quantitative estimate of drug-likeness (QED) is 0.942. The van der Waals surface area contributed by atoms with Crippen LogP contribution in [0.3, 0.4) is 0 Å². The Morgan fingerprint density at radius 1 is 1.32 bits per heavy atom. The Morgan fingerprint density at radius 3 is 2.79 bits per heavy atom. The van der Waals surface area contributed by atoms with Crippen molar-refractivity contribution in [3.63, 3.8) is 0 Å². The van der Waals surface area contributed by atoms with E-state index in [9.17, 15) is 4.79 Å². The van der Waals surface area contributed by atoms with Crippen molar-refractivity contribution < 1.29 is 9.53 Å². The maximum Gasteiger partial charge on any atom is 0.255 e. The van der Waals surface area contributed by atoms with Gasteiger partial charge < -0.3 is 10.1 Å². The van der Waals surface area contributed by atoms with Gasteiger partial charge in [-0.2, -0.15) is 0 Å². The van der Waals surface area contributed by atoms with Gasteiger partial charge in [-0.3, -0.25) is 9.78 Å². The van der Waals surface area contributed by atoms with Crippen LogP contribution in [-0.4, -0.2) is 18.0 Å². The molecule has 2 rings (SSSR count). The lowest BCUT2D eigenvalue weighted by Gasteiger charge is -2.08. The van der Waals surface area contributed by atoms with Crippen molar-refractivity contribution in [2.75, 3.05) is 7.11 Å². The molecule has 0 aliphatic heterocycles. The Bertz CT molecular complexity index is 570. The van der Waals surface area contributed by atoms with Crippen molar-refractivity contribution >= 4 is 21.8 Å². The number of nitrogens with one attached hydrogen (secondary N) is 1. The molecule has 0 saturated carbocycles. The lowest BCUT2D eigenvalue weighted by Crippen LogP contribution is -2.23. The maximum absolute atomic E-state index is 12.0. The Balaban J connectivity index is 2.03. The number of para-hydroxylation sites is 1. The monoisotopic (exact) mass is 320 g/mol. The summed E-state index contributed by atoms with van der Waals surface area (Å²) in [5.74, 6) is 0.380. The van der Waals surface area contributed by atoms with E-state index in [1.165, 1.54) is 0 Å². The summed E-state index contributed by atoms with van der Waals surface area (Å²) in [6.07, 6.45) is 1.70. The zero-order valence-corrected chi connectivity index (χ0v) is 12.0. The van der Waals surface area contributed by atoms with E-state index in [-0.39, 0.29) is 5.91 Å². The smallest absolute Gasteiger partial charge is 0.255 e. The van der Waals surface area contributed by atoms with Crippen LogP contribution in [0.1, 0.15) is 16.1 Å². The van der Waals surface area contributed by atoms with Gasteiger partial charge in [-0.1, -0.05) is 12.1 Å². The first-order valence-electron chi connectivity index (χ1n) is 5.72. The number of ether oxygens (including phenoxy) is 1. The lowest BCUT2D eigenvalue weighted by atomic mass is 10.2. The van der Waals surface area contributed by atoms with E-state index >= 15 is 0 Å². The van der Waals surface area contributed by atoms with E-state index in [1.807, 2.05) is 18.2 Å². The molecule has 0 atom stereocenters. The highest BCUT2D eigenvalue weighted by molar-refractivity contribution is 9.10. The number of halogens is 1. The van der Waals surface area contributed by atoms with Crippen LogP contribution in [0.5, 0.6) is 5.75 Å². The summed E-state index contributed by atoms with van der Waals surface area (Å²) >= 11 is 3.31. The molecule has 0 bridgehead atoms. The maximum atomic E-state index is 12.0. The van der Waals surface area contributed by atoms with Gasteiger partial charge in [0.25, 0.3) is 5.91 Å². The molecule has 0 aliphatic rings. The second-order valence-corrected chi connectivity index (χ2v) is 4.77. The topological polar surface area (TPSA) is 51.2 Å². The largest absolute Gasteiger partial charge is 0.496 e. The molecule has 1 aromatic carbocycles. The molecule has 2 aromatic rings. The molecule has 0 saturated heterocycles. The normalized spacial score (nSPS) is 10.0. The lowest BCUT2D eigenvalue weighted by molar-refractivity contribution is 0.0947. The SMILES string of the molecule is COc1ccccc1C(=O)NCc1ccc(Br)cn1. The van der Waals surface area contributed by atoms with Crippen molar-refractivity contribution in [1.29, 1.82) is 0 Å². The molecule has 0 spiro atoms. The summed E-state index contributed by atoms with van der Waals surface area (Å²) in [5.41, 5.74) is 1.31. The average Bonchev–Trinajstić information content (AvgIpc) is 2.46. The fourth-order valence-corrected chi connectivity index (χ4v) is 1.84. The Morgan fingerprint density at radius 2 is 2.11 bits per heavy atom. The van der Waals surface area contributed by atoms with E-state index in [4.69, 9.17) is 4.74 Å². The van der Waals surface area contributed by atoms with Gasteiger partial charge in [0.15, 0.2) is 0 Å². The summed E-state index contributed by atoms with van der Waals surface area (Å²) in [6, 6.07) is 10.8. The Labute approximate surface area is 119 Å². The van der Waals surface area contributed by atoms with E-state index in [0.717, 1.165) is 10.2 Å². The van der Waals surface area contributed by atoms with Crippen molar-refractivity contribution in [2.24, 2.45) is 0 Å². The predicted octanol–water partition coefficient (Wildman–Crippen LogP) is 2.78. The first-order chi connectivity index (χ1) is 9.20. The van der Waals surface area contributed by atoms with E-state index in [0.29, 0.717) is 17.9 Å². The highest BCUT2D eigenvalue weighted by Gasteiger charge is 2.10. The number of aromatic nitrogens is 1. The van der Waals surface area contributed by atoms with Gasteiger partial charge in [0.2, 0.25) is 0 Å². The zero-order valence-electron chi connectivity index (χ0n) is 10.4. The van der Waals surface area contributed by atoms with Gasteiger partial charge in [0.05, 0.1) is 24.9 Å². The summed E-state index contributed by atoms with van der Waals surface area (Å²) < 4.78 is 6.06. The number of hydrogen-bond donors (Lipinski definition) is 1. The molecule has 98 valence electrons. The second kappa shape index (κ2) is 6.33. The summed E-state index contributed by atoms with van der Waals surface area (Å²) in [5, 5.41) is 2.81. The minimum atomic E-state index is -0.179. The van der Waals surface area contributed by atoms with Gasteiger partial charge in [-0.25, -0.2) is 0 Å². The molecule has 4 nitrogen and oxygen atoms in total. The third kappa shape index (κ3) is 3.54. The fourth-order valence-electron chi connectivity index (χ4n) is 1.61. The standard InChI is InChI=1S/C14H13BrN2O2/c1-19-13-5-3-2-4-12(13)14(18)17-9-11-7-6-10(15)8-16-11/h2-8H,9H2,1H3,(H,17,18). The zero-order chi connectivity index (χ0) is 13.7. The van der Waals surface area contributed by atoms with E-state index < -0.39 is 0 Å². The molecule has 0 radical (unpaired) electrons. The number of carbonyl (C=O) groups is 1. The van der Waals surface area contributed by atoms with Crippen LogP contribution in [0.25, 0.3) is 0 Å². The van der Waals surface area contributed by atoms with E-state index in [2.05, 4.69) is 26.2 Å². The van der Waals surface area contributed by atoms with Gasteiger partial charge in [0.1, 0.15) is 5.75 Å². The second-order valence-electron chi connectivity index (χ2n) is 3.85. The average molecular weight is 321 g/mol. The Hall–Kier alpha value is -1.88. The molecule has 1 aromatic heterocycles. The predicted molar refractivity (Wildman–Crippen MR) is 76.1 cm³/mol. The number of pyridine rings is 1. The van der Waals surface area contributed by atoms with Crippen LogP contribution in [0.2, 0.25) is 0 Å². The van der Waals surface area contributed by atoms with Crippen LogP contribution < -0.4 is 10.1 Å². The highest BCUT2D eigenvalue weighted by atomic mass is 79.9. The molecule has 1 heterocycles. The first-order valence-corrected chi connectivity index (χ1v) is 6.51. The molecular weight excluding hydrogens is 308 g/mol. The van der Waals surface area contributed by atoms with Gasteiger partial charge >= 0.3 is 0 Å². The fraction of sp³-hybridized carbons (Fsp3) is 0.143. The minimum Gasteiger partial charge on any atom is -0.496 e. The number of benzene rings is 1. The van der Waals surface area contributed by atoms with Crippen molar-refractivity contribution in [1.82, 2.24) is 10.3 Å². The summed E-state index contributed by atoms with van der Waals surface area (Å²) in [7, 11) is 1.54.